The predicted octanol–water partition coefficient (Wildman–Crippen LogP) is 2.81. The molecular weight excluding hydrogens is 262 g/mol. The van der Waals surface area contributed by atoms with Gasteiger partial charge >= 0.3 is 0 Å². The lowest BCUT2D eigenvalue weighted by Gasteiger charge is -2.32. The summed E-state index contributed by atoms with van der Waals surface area (Å²) in [5.74, 6) is 0.119. The molecule has 1 aromatic carbocycles. The van der Waals surface area contributed by atoms with Crippen LogP contribution < -0.4 is 10.6 Å². The summed E-state index contributed by atoms with van der Waals surface area (Å²) in [6.07, 6.45) is 5.76. The number of anilines is 1. The third-order valence-electron chi connectivity index (χ3n) is 4.26. The molecule has 2 N–H and O–H groups in total. The Balaban J connectivity index is 1.76. The summed E-state index contributed by atoms with van der Waals surface area (Å²) in [6, 6.07) is 11.9. The first-order valence-corrected chi connectivity index (χ1v) is 7.43. The number of piperidine rings is 1. The molecule has 1 amide bonds. The van der Waals surface area contributed by atoms with Crippen molar-refractivity contribution >= 4 is 11.6 Å². The van der Waals surface area contributed by atoms with Gasteiger partial charge in [0.05, 0.1) is 0 Å². The molecule has 1 saturated heterocycles. The average Bonchev–Trinajstić information content (AvgIpc) is 3.02. The number of hydrogen-bond acceptors (Lipinski definition) is 2. The van der Waals surface area contributed by atoms with E-state index in [4.69, 9.17) is 0 Å². The normalized spacial score (nSPS) is 17.4. The summed E-state index contributed by atoms with van der Waals surface area (Å²) >= 11 is 0. The minimum atomic E-state index is -0.269. The van der Waals surface area contributed by atoms with Gasteiger partial charge in [-0.1, -0.05) is 13.0 Å². The van der Waals surface area contributed by atoms with E-state index in [1.807, 2.05) is 53.4 Å². The molecule has 1 aliphatic rings. The molecule has 1 aromatic heterocycles. The fourth-order valence-electron chi connectivity index (χ4n) is 2.74. The Morgan fingerprint density at radius 3 is 2.62 bits per heavy atom. The van der Waals surface area contributed by atoms with Gasteiger partial charge in [0.2, 0.25) is 5.91 Å². The molecule has 2 heterocycles. The van der Waals surface area contributed by atoms with Gasteiger partial charge in [0.15, 0.2) is 0 Å². The summed E-state index contributed by atoms with van der Waals surface area (Å²) < 4.78 is 2.03. The van der Waals surface area contributed by atoms with Crippen LogP contribution in [-0.4, -0.2) is 23.6 Å². The number of aromatic nitrogens is 1. The Morgan fingerprint density at radius 1 is 1.19 bits per heavy atom. The van der Waals surface area contributed by atoms with Gasteiger partial charge < -0.3 is 15.2 Å². The first-order chi connectivity index (χ1) is 10.2. The fraction of sp³-hybridized carbons (Fsp3) is 0.353. The standard InChI is InChI=1S/C17H21N3O/c1-17(7-9-18-10-8-17)16(21)19-14-5-4-6-15(13-14)20-11-2-3-12-20/h2-6,11-13,18H,7-10H2,1H3,(H,19,21). The summed E-state index contributed by atoms with van der Waals surface area (Å²) in [4.78, 5) is 12.5. The van der Waals surface area contributed by atoms with Crippen LogP contribution in [0.15, 0.2) is 48.8 Å². The van der Waals surface area contributed by atoms with Crippen LogP contribution in [0.4, 0.5) is 5.69 Å². The maximum atomic E-state index is 12.5. The lowest BCUT2D eigenvalue weighted by Crippen LogP contribution is -2.42. The Kier molecular flexibility index (Phi) is 3.80. The summed E-state index contributed by atoms with van der Waals surface area (Å²) in [7, 11) is 0. The minimum Gasteiger partial charge on any atom is -0.326 e. The van der Waals surface area contributed by atoms with E-state index in [0.29, 0.717) is 0 Å². The van der Waals surface area contributed by atoms with Gasteiger partial charge in [-0.25, -0.2) is 0 Å². The van der Waals surface area contributed by atoms with Crippen LogP contribution in [0, 0.1) is 5.41 Å². The zero-order chi connectivity index (χ0) is 14.7. The van der Waals surface area contributed by atoms with Crippen LogP contribution in [0.3, 0.4) is 0 Å². The van der Waals surface area contributed by atoms with Crippen molar-refractivity contribution in [1.82, 2.24) is 9.88 Å². The molecule has 0 atom stereocenters. The SMILES string of the molecule is CC1(C(=O)Nc2cccc(-n3cccc3)c2)CCNCC1. The number of carbonyl (C=O) groups is 1. The Labute approximate surface area is 125 Å². The van der Waals surface area contributed by atoms with E-state index in [1.165, 1.54) is 0 Å². The number of hydrogen-bond donors (Lipinski definition) is 2. The largest absolute Gasteiger partial charge is 0.326 e. The van der Waals surface area contributed by atoms with Crippen LogP contribution in [-0.2, 0) is 4.79 Å². The Morgan fingerprint density at radius 2 is 1.90 bits per heavy atom. The van der Waals surface area contributed by atoms with Crippen LogP contribution in [0.1, 0.15) is 19.8 Å². The topological polar surface area (TPSA) is 46.1 Å². The molecule has 0 aliphatic carbocycles. The van der Waals surface area contributed by atoms with E-state index < -0.39 is 0 Å². The van der Waals surface area contributed by atoms with Crippen molar-refractivity contribution in [1.29, 1.82) is 0 Å². The molecule has 0 bridgehead atoms. The molecule has 0 unspecified atom stereocenters. The highest BCUT2D eigenvalue weighted by atomic mass is 16.2. The van der Waals surface area contributed by atoms with Gasteiger partial charge in [-0.05, 0) is 56.3 Å². The number of amides is 1. The Bertz CT molecular complexity index is 613. The van der Waals surface area contributed by atoms with Gasteiger partial charge in [-0.2, -0.15) is 0 Å². The molecule has 1 aliphatic heterocycles. The summed E-state index contributed by atoms with van der Waals surface area (Å²) in [6.45, 7) is 3.87. The highest BCUT2D eigenvalue weighted by Crippen LogP contribution is 2.29. The van der Waals surface area contributed by atoms with Crippen molar-refractivity contribution in [2.75, 3.05) is 18.4 Å². The molecule has 4 nitrogen and oxygen atoms in total. The lowest BCUT2D eigenvalue weighted by atomic mass is 9.80. The number of benzene rings is 1. The molecular formula is C17H21N3O. The van der Waals surface area contributed by atoms with Gasteiger partial charge in [0.1, 0.15) is 0 Å². The molecule has 2 aromatic rings. The molecule has 0 spiro atoms. The second-order valence-corrected chi connectivity index (χ2v) is 5.91. The molecule has 1 fully saturated rings. The van der Waals surface area contributed by atoms with E-state index in [2.05, 4.69) is 17.6 Å². The van der Waals surface area contributed by atoms with Gasteiger partial charge in [0.25, 0.3) is 0 Å². The second kappa shape index (κ2) is 5.74. The van der Waals surface area contributed by atoms with Crippen molar-refractivity contribution in [3.05, 3.63) is 48.8 Å². The number of carbonyl (C=O) groups excluding carboxylic acids is 1. The minimum absolute atomic E-state index is 0.119. The van der Waals surface area contributed by atoms with E-state index >= 15 is 0 Å². The second-order valence-electron chi connectivity index (χ2n) is 5.91. The van der Waals surface area contributed by atoms with Crippen molar-refractivity contribution in [3.63, 3.8) is 0 Å². The van der Waals surface area contributed by atoms with Gasteiger partial charge in [-0.3, -0.25) is 4.79 Å². The van der Waals surface area contributed by atoms with Crippen LogP contribution in [0.5, 0.6) is 0 Å². The van der Waals surface area contributed by atoms with Crippen LogP contribution in [0.2, 0.25) is 0 Å². The molecule has 3 rings (SSSR count). The zero-order valence-electron chi connectivity index (χ0n) is 12.3. The van der Waals surface area contributed by atoms with Crippen LogP contribution >= 0.6 is 0 Å². The average molecular weight is 283 g/mol. The molecule has 110 valence electrons. The van der Waals surface area contributed by atoms with E-state index in [9.17, 15) is 4.79 Å². The first-order valence-electron chi connectivity index (χ1n) is 7.43. The lowest BCUT2D eigenvalue weighted by molar-refractivity contribution is -0.126. The molecule has 0 radical (unpaired) electrons. The molecule has 21 heavy (non-hydrogen) atoms. The maximum absolute atomic E-state index is 12.5. The fourth-order valence-corrected chi connectivity index (χ4v) is 2.74. The third-order valence-corrected chi connectivity index (χ3v) is 4.26. The van der Waals surface area contributed by atoms with Crippen molar-refractivity contribution in [2.45, 2.75) is 19.8 Å². The third kappa shape index (κ3) is 3.00. The number of nitrogens with zero attached hydrogens (tertiary/aromatic N) is 1. The monoisotopic (exact) mass is 283 g/mol. The zero-order valence-corrected chi connectivity index (χ0v) is 12.3. The van der Waals surface area contributed by atoms with Gasteiger partial charge in [-0.15, -0.1) is 0 Å². The molecule has 0 saturated carbocycles. The quantitative estimate of drug-likeness (QED) is 0.910. The van der Waals surface area contributed by atoms with E-state index in [-0.39, 0.29) is 11.3 Å². The smallest absolute Gasteiger partial charge is 0.230 e. The van der Waals surface area contributed by atoms with Crippen LogP contribution in [0.25, 0.3) is 5.69 Å². The van der Waals surface area contributed by atoms with Crippen molar-refractivity contribution < 1.29 is 4.79 Å². The summed E-state index contributed by atoms with van der Waals surface area (Å²) in [5.41, 5.74) is 1.63. The first kappa shape index (κ1) is 13.9. The summed E-state index contributed by atoms with van der Waals surface area (Å²) in [5, 5.41) is 6.38. The number of nitrogens with one attached hydrogen (secondary N) is 2. The Hall–Kier alpha value is -2.07. The van der Waals surface area contributed by atoms with Crippen molar-refractivity contribution in [3.8, 4) is 5.69 Å². The maximum Gasteiger partial charge on any atom is 0.230 e. The highest BCUT2D eigenvalue weighted by Gasteiger charge is 2.34. The predicted molar refractivity (Wildman–Crippen MR) is 84.6 cm³/mol. The van der Waals surface area contributed by atoms with E-state index in [0.717, 1.165) is 37.3 Å². The highest BCUT2D eigenvalue weighted by molar-refractivity contribution is 5.95. The number of rotatable bonds is 3. The molecule has 4 heteroatoms. The van der Waals surface area contributed by atoms with Gasteiger partial charge in [0, 0.05) is 29.2 Å². The van der Waals surface area contributed by atoms with Crippen molar-refractivity contribution in [2.24, 2.45) is 5.41 Å². The van der Waals surface area contributed by atoms with E-state index in [1.54, 1.807) is 0 Å².